The molecule has 0 N–H and O–H groups in total. The molecule has 2 aliphatic carbocycles. The minimum atomic E-state index is 0.882. The summed E-state index contributed by atoms with van der Waals surface area (Å²) in [4.78, 5) is 2.87. The second-order valence-electron chi connectivity index (χ2n) is 8.61. The summed E-state index contributed by atoms with van der Waals surface area (Å²) in [5.74, 6) is 4.03. The van der Waals surface area contributed by atoms with E-state index in [1.165, 1.54) is 70.0 Å². The number of likely N-dealkylation sites (tertiary alicyclic amines) is 1. The molecule has 23 heavy (non-hydrogen) atoms. The number of benzene rings is 1. The monoisotopic (exact) mass is 311 g/mol. The molecule has 0 radical (unpaired) electrons. The molecule has 1 aliphatic heterocycles. The fourth-order valence-electron chi connectivity index (χ4n) is 5.30. The molecule has 1 heteroatoms. The molecule has 126 valence electrons. The highest BCUT2D eigenvalue weighted by Gasteiger charge is 2.39. The fourth-order valence-corrected chi connectivity index (χ4v) is 5.30. The third-order valence-electron chi connectivity index (χ3n) is 7.01. The lowest BCUT2D eigenvalue weighted by Crippen LogP contribution is -2.44. The van der Waals surface area contributed by atoms with Crippen LogP contribution in [0.25, 0.3) is 0 Å². The van der Waals surface area contributed by atoms with Gasteiger partial charge in [-0.2, -0.15) is 0 Å². The zero-order valence-electron chi connectivity index (χ0n) is 14.8. The molecule has 3 unspecified atom stereocenters. The molecule has 0 spiro atoms. The van der Waals surface area contributed by atoms with Gasteiger partial charge in [-0.1, -0.05) is 37.3 Å². The van der Waals surface area contributed by atoms with Gasteiger partial charge in [0, 0.05) is 12.6 Å². The Hall–Kier alpha value is -0.820. The van der Waals surface area contributed by atoms with Crippen molar-refractivity contribution >= 4 is 0 Å². The summed E-state index contributed by atoms with van der Waals surface area (Å²) in [6.07, 6.45) is 11.7. The average Bonchev–Trinajstić information content (AvgIpc) is 3.32. The minimum absolute atomic E-state index is 0.882. The maximum Gasteiger partial charge on any atom is 0.00982 e. The summed E-state index contributed by atoms with van der Waals surface area (Å²) < 4.78 is 0. The van der Waals surface area contributed by atoms with E-state index in [1.807, 2.05) is 0 Å². The number of nitrogens with zero attached hydrogens (tertiary/aromatic N) is 1. The average molecular weight is 312 g/mol. The van der Waals surface area contributed by atoms with Gasteiger partial charge in [0.15, 0.2) is 0 Å². The molecular formula is C22H33N. The van der Waals surface area contributed by atoms with Crippen molar-refractivity contribution in [3.63, 3.8) is 0 Å². The Morgan fingerprint density at radius 2 is 1.74 bits per heavy atom. The Balaban J connectivity index is 1.25. The van der Waals surface area contributed by atoms with Gasteiger partial charge >= 0.3 is 0 Å². The third-order valence-corrected chi connectivity index (χ3v) is 7.01. The van der Waals surface area contributed by atoms with Gasteiger partial charge in [-0.05, 0) is 87.1 Å². The van der Waals surface area contributed by atoms with Crippen molar-refractivity contribution in [2.75, 3.05) is 13.1 Å². The SMILES string of the molecule is CC1CN(C2CCC(C3CC3)C2)CC[C@H]1CCc1ccccc1. The van der Waals surface area contributed by atoms with Crippen LogP contribution in [-0.2, 0) is 6.42 Å². The van der Waals surface area contributed by atoms with Crippen LogP contribution in [0.2, 0.25) is 0 Å². The van der Waals surface area contributed by atoms with Crippen molar-refractivity contribution in [2.24, 2.45) is 23.7 Å². The van der Waals surface area contributed by atoms with Crippen molar-refractivity contribution in [1.82, 2.24) is 4.90 Å². The van der Waals surface area contributed by atoms with E-state index in [2.05, 4.69) is 42.2 Å². The Morgan fingerprint density at radius 1 is 0.957 bits per heavy atom. The molecule has 3 aliphatic rings. The molecule has 0 aromatic heterocycles. The standard InChI is InChI=1S/C22H33N/c1-17-16-23(22-12-11-21(15-22)20-9-10-20)14-13-19(17)8-7-18-5-3-2-4-6-18/h2-6,17,19-22H,7-16H2,1H3/t17?,19-,21?,22?/m1/s1. The van der Waals surface area contributed by atoms with Crippen LogP contribution < -0.4 is 0 Å². The normalized spacial score (nSPS) is 35.5. The van der Waals surface area contributed by atoms with Crippen molar-refractivity contribution in [3.8, 4) is 0 Å². The van der Waals surface area contributed by atoms with Gasteiger partial charge in [0.05, 0.1) is 0 Å². The molecule has 1 heterocycles. The summed E-state index contributed by atoms with van der Waals surface area (Å²) in [5, 5.41) is 0. The molecule has 1 nitrogen and oxygen atoms in total. The maximum atomic E-state index is 2.87. The molecule has 4 rings (SSSR count). The summed E-state index contributed by atoms with van der Waals surface area (Å²) in [7, 11) is 0. The van der Waals surface area contributed by atoms with E-state index in [9.17, 15) is 0 Å². The highest BCUT2D eigenvalue weighted by atomic mass is 15.2. The molecule has 4 atom stereocenters. The van der Waals surface area contributed by atoms with Crippen molar-refractivity contribution in [3.05, 3.63) is 35.9 Å². The van der Waals surface area contributed by atoms with Crippen LogP contribution in [0.3, 0.4) is 0 Å². The molecule has 3 fully saturated rings. The predicted octanol–water partition coefficient (Wildman–Crippen LogP) is 5.16. The smallest absolute Gasteiger partial charge is 0.00982 e. The Morgan fingerprint density at radius 3 is 2.48 bits per heavy atom. The fraction of sp³-hybridized carbons (Fsp3) is 0.727. The zero-order chi connectivity index (χ0) is 15.6. The van der Waals surface area contributed by atoms with Crippen molar-refractivity contribution < 1.29 is 0 Å². The first-order valence-corrected chi connectivity index (χ1v) is 10.1. The molecule has 0 amide bonds. The molecule has 1 aromatic carbocycles. The number of piperidine rings is 1. The van der Waals surface area contributed by atoms with Crippen LogP contribution in [0.5, 0.6) is 0 Å². The molecular weight excluding hydrogens is 278 g/mol. The highest BCUT2D eigenvalue weighted by Crippen LogP contribution is 2.46. The van der Waals surface area contributed by atoms with Gasteiger partial charge in [-0.3, -0.25) is 0 Å². The maximum absolute atomic E-state index is 2.87. The Labute approximate surface area is 142 Å². The van der Waals surface area contributed by atoms with E-state index >= 15 is 0 Å². The van der Waals surface area contributed by atoms with Crippen molar-refractivity contribution in [1.29, 1.82) is 0 Å². The van der Waals surface area contributed by atoms with Gasteiger partial charge < -0.3 is 4.90 Å². The molecule has 2 saturated carbocycles. The number of rotatable bonds is 5. The van der Waals surface area contributed by atoms with E-state index in [1.54, 1.807) is 0 Å². The Bertz CT molecular complexity index is 492. The topological polar surface area (TPSA) is 3.24 Å². The van der Waals surface area contributed by atoms with Gasteiger partial charge in [-0.15, -0.1) is 0 Å². The summed E-state index contributed by atoms with van der Waals surface area (Å²) in [6, 6.07) is 12.0. The van der Waals surface area contributed by atoms with E-state index in [0.29, 0.717) is 0 Å². The molecule has 1 aromatic rings. The number of aryl methyl sites for hydroxylation is 1. The quantitative estimate of drug-likeness (QED) is 0.726. The lowest BCUT2D eigenvalue weighted by Gasteiger charge is -2.40. The van der Waals surface area contributed by atoms with E-state index in [0.717, 1.165) is 29.7 Å². The summed E-state index contributed by atoms with van der Waals surface area (Å²) in [6.45, 7) is 5.24. The summed E-state index contributed by atoms with van der Waals surface area (Å²) in [5.41, 5.74) is 1.52. The number of hydrogen-bond donors (Lipinski definition) is 0. The second-order valence-corrected chi connectivity index (χ2v) is 8.61. The lowest BCUT2D eigenvalue weighted by atomic mass is 9.82. The van der Waals surface area contributed by atoms with E-state index in [4.69, 9.17) is 0 Å². The highest BCUT2D eigenvalue weighted by molar-refractivity contribution is 5.14. The summed E-state index contributed by atoms with van der Waals surface area (Å²) >= 11 is 0. The first-order chi connectivity index (χ1) is 11.3. The molecule has 1 saturated heterocycles. The van der Waals surface area contributed by atoms with Crippen LogP contribution in [0.15, 0.2) is 30.3 Å². The first-order valence-electron chi connectivity index (χ1n) is 10.1. The van der Waals surface area contributed by atoms with Gasteiger partial charge in [0.1, 0.15) is 0 Å². The predicted molar refractivity (Wildman–Crippen MR) is 97.5 cm³/mol. The van der Waals surface area contributed by atoms with Crippen LogP contribution in [0, 0.1) is 23.7 Å². The van der Waals surface area contributed by atoms with Crippen LogP contribution >= 0.6 is 0 Å². The van der Waals surface area contributed by atoms with E-state index in [-0.39, 0.29) is 0 Å². The van der Waals surface area contributed by atoms with Crippen LogP contribution in [0.4, 0.5) is 0 Å². The lowest BCUT2D eigenvalue weighted by molar-refractivity contribution is 0.0849. The minimum Gasteiger partial charge on any atom is -0.300 e. The van der Waals surface area contributed by atoms with Gasteiger partial charge in [0.25, 0.3) is 0 Å². The first kappa shape index (κ1) is 15.7. The van der Waals surface area contributed by atoms with Crippen LogP contribution in [-0.4, -0.2) is 24.0 Å². The second kappa shape index (κ2) is 6.97. The van der Waals surface area contributed by atoms with Gasteiger partial charge in [0.2, 0.25) is 0 Å². The van der Waals surface area contributed by atoms with E-state index < -0.39 is 0 Å². The number of hydrogen-bond acceptors (Lipinski definition) is 1. The molecule has 0 bridgehead atoms. The zero-order valence-corrected chi connectivity index (χ0v) is 14.8. The Kier molecular flexibility index (Phi) is 4.76. The van der Waals surface area contributed by atoms with Crippen molar-refractivity contribution in [2.45, 2.75) is 64.3 Å². The van der Waals surface area contributed by atoms with Gasteiger partial charge in [-0.25, -0.2) is 0 Å². The van der Waals surface area contributed by atoms with Crippen LogP contribution in [0.1, 0.15) is 57.4 Å². The largest absolute Gasteiger partial charge is 0.300 e. The third kappa shape index (κ3) is 3.82.